The molecule has 1 fully saturated rings. The van der Waals surface area contributed by atoms with Gasteiger partial charge in [0.15, 0.2) is 0 Å². The van der Waals surface area contributed by atoms with Crippen LogP contribution < -0.4 is 9.64 Å². The van der Waals surface area contributed by atoms with Crippen molar-refractivity contribution in [1.82, 2.24) is 9.29 Å². The van der Waals surface area contributed by atoms with Gasteiger partial charge >= 0.3 is 12.4 Å². The van der Waals surface area contributed by atoms with Gasteiger partial charge in [0.05, 0.1) is 12.0 Å². The third kappa shape index (κ3) is 5.85. The molecule has 2 aromatic carbocycles. The zero-order valence-corrected chi connectivity index (χ0v) is 23.1. The quantitative estimate of drug-likeness (QED) is 0.291. The van der Waals surface area contributed by atoms with E-state index in [1.807, 2.05) is 0 Å². The fraction of sp³-hybridized carbons (Fsp3) is 0.346. The van der Waals surface area contributed by atoms with Crippen LogP contribution in [-0.4, -0.2) is 68.0 Å². The minimum Gasteiger partial charge on any atom is -0.481 e. The lowest BCUT2D eigenvalue weighted by Gasteiger charge is -2.42. The number of aliphatic hydroxyl groups is 1. The summed E-state index contributed by atoms with van der Waals surface area (Å²) in [5.41, 5.74) is -5.61. The lowest BCUT2D eigenvalue weighted by Crippen LogP contribution is -2.56. The average molecular weight is 622 g/mol. The van der Waals surface area contributed by atoms with Crippen LogP contribution in [0.15, 0.2) is 76.7 Å². The number of piperazine rings is 1. The summed E-state index contributed by atoms with van der Waals surface area (Å²) >= 11 is 4.27. The molecule has 15 heteroatoms. The van der Waals surface area contributed by atoms with Gasteiger partial charge in [-0.15, -0.1) is 12.6 Å². The smallest absolute Gasteiger partial charge is 0.430 e. The normalized spacial score (nSPS) is 17.5. The molecule has 4 rings (SSSR count). The van der Waals surface area contributed by atoms with Gasteiger partial charge in [-0.3, -0.25) is 0 Å². The van der Waals surface area contributed by atoms with Gasteiger partial charge in [-0.1, -0.05) is 30.3 Å². The van der Waals surface area contributed by atoms with E-state index in [1.54, 1.807) is 29.2 Å². The van der Waals surface area contributed by atoms with E-state index >= 15 is 0 Å². The van der Waals surface area contributed by atoms with Crippen LogP contribution in [0.3, 0.4) is 0 Å². The van der Waals surface area contributed by atoms with Gasteiger partial charge in [0.2, 0.25) is 15.9 Å². The highest BCUT2D eigenvalue weighted by Crippen LogP contribution is 2.50. The number of sulfonamides is 1. The molecule has 0 aliphatic carbocycles. The molecule has 0 spiro atoms. The molecule has 41 heavy (non-hydrogen) atoms. The molecule has 1 aromatic heterocycles. The van der Waals surface area contributed by atoms with E-state index in [4.69, 9.17) is 4.74 Å². The Labute approximate surface area is 237 Å². The van der Waals surface area contributed by atoms with E-state index in [0.29, 0.717) is 17.7 Å². The van der Waals surface area contributed by atoms with Crippen molar-refractivity contribution >= 4 is 28.3 Å². The van der Waals surface area contributed by atoms with Crippen LogP contribution in [0.2, 0.25) is 0 Å². The SMILES string of the molecule is COc1ncccc1C[C@H]1CN(S(=O)(=O)c2ccccc2S)CCN1c1ccc(C(O)(C(F)(F)F)C(F)(F)F)cc1. The summed E-state index contributed by atoms with van der Waals surface area (Å²) in [6, 6.07) is 12.1. The molecule has 3 aromatic rings. The third-order valence-corrected chi connectivity index (χ3v) is 9.33. The summed E-state index contributed by atoms with van der Waals surface area (Å²) in [5.74, 6) is 0.281. The second kappa shape index (κ2) is 11.3. The zero-order valence-electron chi connectivity index (χ0n) is 21.4. The Kier molecular flexibility index (Phi) is 8.56. The summed E-state index contributed by atoms with van der Waals surface area (Å²) in [4.78, 5) is 6.08. The first-order chi connectivity index (χ1) is 19.1. The van der Waals surface area contributed by atoms with Crippen molar-refractivity contribution in [3.05, 3.63) is 78.0 Å². The van der Waals surface area contributed by atoms with Crippen LogP contribution in [0.5, 0.6) is 5.88 Å². The lowest BCUT2D eigenvalue weighted by molar-refractivity contribution is -0.376. The second-order valence-corrected chi connectivity index (χ2v) is 11.7. The molecule has 1 aliphatic rings. The molecular formula is C26H25F6N3O4S2. The van der Waals surface area contributed by atoms with E-state index in [9.17, 15) is 39.9 Å². The first kappa shape index (κ1) is 30.9. The molecule has 1 N–H and O–H groups in total. The van der Waals surface area contributed by atoms with Gasteiger partial charge in [0.1, 0.15) is 0 Å². The van der Waals surface area contributed by atoms with E-state index in [2.05, 4.69) is 17.6 Å². The number of rotatable bonds is 7. The number of anilines is 1. The van der Waals surface area contributed by atoms with Crippen LogP contribution >= 0.6 is 12.6 Å². The molecule has 1 aliphatic heterocycles. The number of hydrogen-bond donors (Lipinski definition) is 2. The number of halogens is 6. The van der Waals surface area contributed by atoms with Gasteiger partial charge in [0.25, 0.3) is 5.60 Å². The molecule has 0 unspecified atom stereocenters. The van der Waals surface area contributed by atoms with Gasteiger partial charge in [-0.2, -0.15) is 30.6 Å². The molecule has 0 saturated carbocycles. The van der Waals surface area contributed by atoms with Crippen molar-refractivity contribution in [3.8, 4) is 5.88 Å². The fourth-order valence-corrected chi connectivity index (χ4v) is 6.83. The largest absolute Gasteiger partial charge is 0.481 e. The highest BCUT2D eigenvalue weighted by atomic mass is 32.2. The monoisotopic (exact) mass is 621 g/mol. The number of nitrogens with zero attached hydrogens (tertiary/aromatic N) is 3. The molecule has 2 heterocycles. The highest BCUT2D eigenvalue weighted by Gasteiger charge is 2.71. The maximum absolute atomic E-state index is 13.5. The summed E-state index contributed by atoms with van der Waals surface area (Å²) in [5, 5.41) is 9.75. The number of ether oxygens (including phenoxy) is 1. The van der Waals surface area contributed by atoms with Crippen LogP contribution in [0.4, 0.5) is 32.0 Å². The Morgan fingerprint density at radius 3 is 2.20 bits per heavy atom. The van der Waals surface area contributed by atoms with Gasteiger partial charge in [0, 0.05) is 53.6 Å². The molecule has 0 amide bonds. The van der Waals surface area contributed by atoms with Gasteiger partial charge in [-0.25, -0.2) is 13.4 Å². The van der Waals surface area contributed by atoms with E-state index in [0.717, 1.165) is 12.1 Å². The van der Waals surface area contributed by atoms with E-state index in [-0.39, 0.29) is 47.4 Å². The topological polar surface area (TPSA) is 83.0 Å². The molecule has 0 bridgehead atoms. The van der Waals surface area contributed by atoms with Crippen molar-refractivity contribution in [2.75, 3.05) is 31.6 Å². The number of thiol groups is 1. The van der Waals surface area contributed by atoms with Crippen molar-refractivity contribution in [3.63, 3.8) is 0 Å². The van der Waals surface area contributed by atoms with Gasteiger partial charge in [-0.05, 0) is 36.8 Å². The molecule has 1 atom stereocenters. The third-order valence-electron chi connectivity index (χ3n) is 6.86. The first-order valence-corrected chi connectivity index (χ1v) is 14.0. The molecule has 7 nitrogen and oxygen atoms in total. The Hall–Kier alpha value is -3.01. The molecule has 1 saturated heterocycles. The summed E-state index contributed by atoms with van der Waals surface area (Å²) in [6.07, 6.45) is -10.4. The maximum atomic E-state index is 13.5. The first-order valence-electron chi connectivity index (χ1n) is 12.1. The fourth-order valence-electron chi connectivity index (χ4n) is 4.77. The predicted molar refractivity (Wildman–Crippen MR) is 141 cm³/mol. The number of benzene rings is 2. The summed E-state index contributed by atoms with van der Waals surface area (Å²) in [7, 11) is -2.59. The Bertz CT molecular complexity index is 1470. The van der Waals surface area contributed by atoms with Crippen LogP contribution in [0, 0.1) is 0 Å². The van der Waals surface area contributed by atoms with Crippen molar-refractivity contribution in [2.45, 2.75) is 40.2 Å². The predicted octanol–water partition coefficient (Wildman–Crippen LogP) is 4.81. The van der Waals surface area contributed by atoms with Crippen LogP contribution in [-0.2, 0) is 22.0 Å². The second-order valence-electron chi connectivity index (χ2n) is 9.31. The Balaban J connectivity index is 1.71. The van der Waals surface area contributed by atoms with Crippen molar-refractivity contribution in [1.29, 1.82) is 0 Å². The van der Waals surface area contributed by atoms with E-state index in [1.165, 1.54) is 29.7 Å². The van der Waals surface area contributed by atoms with Crippen molar-refractivity contribution < 1.29 is 44.6 Å². The number of alkyl halides is 6. The highest BCUT2D eigenvalue weighted by molar-refractivity contribution is 7.90. The minimum absolute atomic E-state index is 0.00238. The minimum atomic E-state index is -6.02. The number of methoxy groups -OCH3 is 1. The summed E-state index contributed by atoms with van der Waals surface area (Å²) in [6.45, 7) is -0.0371. The number of aromatic nitrogens is 1. The molecule has 0 radical (unpaired) electrons. The number of hydrogen-bond acceptors (Lipinski definition) is 7. The van der Waals surface area contributed by atoms with E-state index < -0.39 is 39.6 Å². The molecule has 222 valence electrons. The van der Waals surface area contributed by atoms with Crippen molar-refractivity contribution in [2.24, 2.45) is 0 Å². The van der Waals surface area contributed by atoms with Crippen LogP contribution in [0.1, 0.15) is 11.1 Å². The van der Waals surface area contributed by atoms with Gasteiger partial charge < -0.3 is 14.7 Å². The molecular weight excluding hydrogens is 596 g/mol. The Morgan fingerprint density at radius 1 is 0.976 bits per heavy atom. The zero-order chi connectivity index (χ0) is 30.2. The standard InChI is InChI=1S/C26H25F6N3O4S2/c1-39-23-17(5-4-12-33-23)15-20-16-34(41(37,38)22-7-3-2-6-21(22)40)13-14-35(20)19-10-8-18(9-11-19)24(36,25(27,28)29)26(30,31)32/h2-12,20,36,40H,13-16H2,1H3/t20-/m0/s1. The summed E-state index contributed by atoms with van der Waals surface area (Å²) < 4.78 is 114. The Morgan fingerprint density at radius 2 is 1.61 bits per heavy atom. The lowest BCUT2D eigenvalue weighted by atomic mass is 9.92. The average Bonchev–Trinajstić information content (AvgIpc) is 2.92. The van der Waals surface area contributed by atoms with Crippen LogP contribution in [0.25, 0.3) is 0 Å². The number of pyridine rings is 1. The maximum Gasteiger partial charge on any atom is 0.430 e.